The van der Waals surface area contributed by atoms with Crippen LogP contribution in [-0.4, -0.2) is 4.92 Å². The Morgan fingerprint density at radius 1 is 1.22 bits per heavy atom. The minimum atomic E-state index is -0.417. The summed E-state index contributed by atoms with van der Waals surface area (Å²) >= 11 is 0. The zero-order valence-electron chi connectivity index (χ0n) is 4.65. The molecule has 0 atom stereocenters. The molecule has 0 fully saturated rings. The summed E-state index contributed by atoms with van der Waals surface area (Å²) in [5.74, 6) is 0. The first-order chi connectivity index (χ1) is 4.30. The first kappa shape index (κ1) is 5.75. The molecule has 0 heterocycles. The van der Waals surface area contributed by atoms with E-state index in [2.05, 4.69) is 0 Å². The number of rotatable bonds is 1. The van der Waals surface area contributed by atoms with Crippen LogP contribution in [0.3, 0.4) is 0 Å². The SMILES string of the molecule is O=[N+]([O-])[14c]1[14cH][14cH][14cH][14cH][14cH]1. The van der Waals surface area contributed by atoms with E-state index in [9.17, 15) is 10.1 Å². The molecule has 0 radical (unpaired) electrons. The van der Waals surface area contributed by atoms with Crippen molar-refractivity contribution in [2.45, 2.75) is 0 Å². The van der Waals surface area contributed by atoms with Crippen molar-refractivity contribution in [2.24, 2.45) is 0 Å². The zero-order valence-corrected chi connectivity index (χ0v) is 4.65. The molecule has 3 nitrogen and oxygen atoms in total. The number of nitro groups is 1. The Morgan fingerprint density at radius 3 is 2.11 bits per heavy atom. The van der Waals surface area contributed by atoms with E-state index < -0.39 is 4.92 Å². The van der Waals surface area contributed by atoms with Gasteiger partial charge in [0.25, 0.3) is 5.69 Å². The van der Waals surface area contributed by atoms with Crippen molar-refractivity contribution in [3.8, 4) is 0 Å². The fraction of sp³-hybridized carbons (Fsp3) is 0. The summed E-state index contributed by atoms with van der Waals surface area (Å²) in [7, 11) is 0. The van der Waals surface area contributed by atoms with Crippen LogP contribution in [-0.2, 0) is 0 Å². The lowest BCUT2D eigenvalue weighted by atomic mass is 12.2. The minimum Gasteiger partial charge on any atom is -0.258 e. The smallest absolute Gasteiger partial charge is 0.258 e. The molecule has 0 aliphatic carbocycles. The fourth-order valence-electron chi connectivity index (χ4n) is 0.550. The second-order valence-electron chi connectivity index (χ2n) is 1.59. The molecule has 1 aromatic rings. The van der Waals surface area contributed by atoms with Crippen LogP contribution in [0.5, 0.6) is 0 Å². The molecule has 1 aromatic carbocycles. The van der Waals surface area contributed by atoms with E-state index in [1.165, 1.54) is 12.1 Å². The third-order valence-electron chi connectivity index (χ3n) is 0.967. The maximum absolute atomic E-state index is 10.0. The largest absolute Gasteiger partial charge is 0.269 e. The van der Waals surface area contributed by atoms with Gasteiger partial charge in [0.2, 0.25) is 0 Å². The summed E-state index contributed by atoms with van der Waals surface area (Å²) in [6, 6.07) is 7.93. The predicted octanol–water partition coefficient (Wildman–Crippen LogP) is 1.59. The quantitative estimate of drug-likeness (QED) is 0.433. The molecule has 0 saturated carbocycles. The van der Waals surface area contributed by atoms with Crippen LogP contribution >= 0.6 is 0 Å². The van der Waals surface area contributed by atoms with Gasteiger partial charge in [-0.3, -0.25) is 10.1 Å². The lowest BCUT2D eigenvalue weighted by Gasteiger charge is -1.85. The number of para-hydroxylation sites is 1. The van der Waals surface area contributed by atoms with E-state index >= 15 is 0 Å². The summed E-state index contributed by atoms with van der Waals surface area (Å²) < 4.78 is 0. The number of non-ortho nitro benzene ring substituents is 1. The highest BCUT2D eigenvalue weighted by molar-refractivity contribution is 5.27. The molecule has 0 aromatic heterocycles. The summed E-state index contributed by atoms with van der Waals surface area (Å²) in [6.07, 6.45) is 0. The van der Waals surface area contributed by atoms with Gasteiger partial charge in [-0.15, -0.1) is 0 Å². The Hall–Kier alpha value is -1.38. The van der Waals surface area contributed by atoms with Gasteiger partial charge in [-0.25, -0.2) is 0 Å². The van der Waals surface area contributed by atoms with Gasteiger partial charge in [0, 0.05) is 12.1 Å². The molecule has 0 unspecified atom stereocenters. The first-order valence-corrected chi connectivity index (χ1v) is 2.50. The van der Waals surface area contributed by atoms with E-state index in [1.54, 1.807) is 18.2 Å². The maximum Gasteiger partial charge on any atom is 0.269 e. The molecule has 0 saturated heterocycles. The van der Waals surface area contributed by atoms with Gasteiger partial charge in [-0.05, 0) is 0 Å². The van der Waals surface area contributed by atoms with Crippen molar-refractivity contribution in [1.82, 2.24) is 0 Å². The predicted molar refractivity (Wildman–Crippen MR) is 33.1 cm³/mol. The van der Waals surface area contributed by atoms with Crippen molar-refractivity contribution < 1.29 is 4.92 Å². The molecule has 0 amide bonds. The molecular formula is C6H5NO2. The zero-order chi connectivity index (χ0) is 6.69. The minimum absolute atomic E-state index is 0.137. The van der Waals surface area contributed by atoms with Crippen molar-refractivity contribution in [1.29, 1.82) is 0 Å². The average molecular weight is 135 g/mol. The highest BCUT2D eigenvalue weighted by Crippen LogP contribution is 2.06. The third kappa shape index (κ3) is 1.25. The van der Waals surface area contributed by atoms with Gasteiger partial charge in [0.1, 0.15) is 0 Å². The molecule has 0 N–H and O–H groups in total. The molecule has 46 valence electrons. The van der Waals surface area contributed by atoms with Gasteiger partial charge >= 0.3 is 0 Å². The third-order valence-corrected chi connectivity index (χ3v) is 0.967. The summed E-state index contributed by atoms with van der Waals surface area (Å²) in [6.45, 7) is 0. The molecule has 0 spiro atoms. The van der Waals surface area contributed by atoms with Crippen LogP contribution in [0.1, 0.15) is 0 Å². The molecule has 0 bridgehead atoms. The second kappa shape index (κ2) is 2.26. The number of hydrogen-bond acceptors (Lipinski definition) is 2. The topological polar surface area (TPSA) is 43.1 Å². The van der Waals surface area contributed by atoms with Crippen LogP contribution in [0.2, 0.25) is 0 Å². The van der Waals surface area contributed by atoms with Gasteiger partial charge in [0.15, 0.2) is 0 Å². The van der Waals surface area contributed by atoms with Crippen LogP contribution in [0, 0.1) is 10.1 Å². The summed E-state index contributed by atoms with van der Waals surface area (Å²) in [4.78, 5) is 9.59. The number of benzene rings is 1. The fourth-order valence-corrected chi connectivity index (χ4v) is 0.550. The van der Waals surface area contributed by atoms with Gasteiger partial charge in [-0.2, -0.15) is 0 Å². The van der Waals surface area contributed by atoms with Gasteiger partial charge < -0.3 is 0 Å². The van der Waals surface area contributed by atoms with Crippen molar-refractivity contribution >= 4 is 5.69 Å². The summed E-state index contributed by atoms with van der Waals surface area (Å²) in [5.41, 5.74) is 0.137. The Kier molecular flexibility index (Phi) is 1.44. The average Bonchev–Trinajstić information content (AvgIpc) is 1.90. The Bertz CT molecular complexity index is 208. The van der Waals surface area contributed by atoms with Crippen LogP contribution in [0.15, 0.2) is 30.3 Å². The van der Waals surface area contributed by atoms with Crippen LogP contribution in [0.4, 0.5) is 5.69 Å². The van der Waals surface area contributed by atoms with Crippen molar-refractivity contribution in [3.63, 3.8) is 0 Å². The normalized spacial score (nSPS) is 8.89. The molecule has 9 heavy (non-hydrogen) atoms. The molecular weight excluding hydrogens is 130 g/mol. The maximum atomic E-state index is 10.0. The van der Waals surface area contributed by atoms with E-state index in [0.29, 0.717) is 0 Å². The molecule has 3 heteroatoms. The highest BCUT2D eigenvalue weighted by Gasteiger charge is 1.98. The molecule has 0 aliphatic rings. The number of nitrogens with zero attached hydrogens (tertiary/aromatic N) is 1. The van der Waals surface area contributed by atoms with E-state index in [-0.39, 0.29) is 5.69 Å². The number of hydrogen-bond donors (Lipinski definition) is 0. The van der Waals surface area contributed by atoms with E-state index in [1.807, 2.05) is 0 Å². The Labute approximate surface area is 52.1 Å². The monoisotopic (exact) mass is 135 g/mol. The highest BCUT2D eigenvalue weighted by atomic mass is 16.7. The first-order valence-electron chi connectivity index (χ1n) is 2.50. The molecule has 1 rings (SSSR count). The second-order valence-corrected chi connectivity index (χ2v) is 1.59. The standard InChI is InChI=1S/C6H5NO2/c8-7(9)6-4-2-1-3-5-6/h1-5H/i1+2,2+2,3+2,4+2,5+2,6+2. The summed E-state index contributed by atoms with van der Waals surface area (Å²) in [5, 5.41) is 10.0. The Balaban J connectivity index is 2.98. The number of nitro benzene ring substituents is 1. The van der Waals surface area contributed by atoms with Gasteiger partial charge in [0.05, 0.1) is 4.92 Å². The van der Waals surface area contributed by atoms with Crippen molar-refractivity contribution in [2.75, 3.05) is 0 Å². The van der Waals surface area contributed by atoms with Crippen LogP contribution < -0.4 is 0 Å². The van der Waals surface area contributed by atoms with Crippen LogP contribution in [0.25, 0.3) is 0 Å². The molecule has 0 aliphatic heterocycles. The lowest BCUT2D eigenvalue weighted by molar-refractivity contribution is -0.384. The van der Waals surface area contributed by atoms with E-state index in [0.717, 1.165) is 0 Å². The van der Waals surface area contributed by atoms with E-state index in [4.69, 9.17) is 0 Å². The Morgan fingerprint density at radius 2 is 1.78 bits per heavy atom. The van der Waals surface area contributed by atoms with Gasteiger partial charge in [-0.1, -0.05) is 18.2 Å². The lowest BCUT2D eigenvalue weighted by Crippen LogP contribution is -1.84. The van der Waals surface area contributed by atoms with Crippen molar-refractivity contribution in [3.05, 3.63) is 40.4 Å².